The SMILES string of the molecule is COC(=O)c1ncn(-c2nc(N)nc3[nH]ncc23)n1. The van der Waals surface area contributed by atoms with E-state index in [1.807, 2.05) is 0 Å². The number of aromatic amines is 1. The van der Waals surface area contributed by atoms with Gasteiger partial charge in [-0.25, -0.2) is 14.5 Å². The number of anilines is 1. The van der Waals surface area contributed by atoms with Gasteiger partial charge in [0.25, 0.3) is 5.82 Å². The molecule has 0 saturated carbocycles. The number of rotatable bonds is 2. The minimum absolute atomic E-state index is 0.0573. The number of fused-ring (bicyclic) bond motifs is 1. The number of ether oxygens (including phenoxy) is 1. The lowest BCUT2D eigenvalue weighted by Crippen LogP contribution is -2.07. The fourth-order valence-electron chi connectivity index (χ4n) is 1.56. The molecule has 0 saturated heterocycles. The number of nitrogen functional groups attached to an aromatic ring is 1. The molecule has 3 rings (SSSR count). The second-order valence-corrected chi connectivity index (χ2v) is 3.54. The largest absolute Gasteiger partial charge is 0.463 e. The van der Waals surface area contributed by atoms with Crippen LogP contribution in [0.25, 0.3) is 16.9 Å². The number of nitrogens with zero attached hydrogens (tertiary/aromatic N) is 6. The summed E-state index contributed by atoms with van der Waals surface area (Å²) in [4.78, 5) is 23.2. The molecule has 0 atom stereocenters. The van der Waals surface area contributed by atoms with Crippen molar-refractivity contribution < 1.29 is 9.53 Å². The van der Waals surface area contributed by atoms with E-state index < -0.39 is 5.97 Å². The molecule has 0 unspecified atom stereocenters. The molecule has 3 heterocycles. The summed E-state index contributed by atoms with van der Waals surface area (Å²) in [5.74, 6) is -0.277. The third-order valence-electron chi connectivity index (χ3n) is 2.38. The number of hydrogen-bond donors (Lipinski definition) is 2. The average Bonchev–Trinajstić information content (AvgIpc) is 3.05. The van der Waals surface area contributed by atoms with E-state index >= 15 is 0 Å². The van der Waals surface area contributed by atoms with Crippen LogP contribution in [0.5, 0.6) is 0 Å². The number of H-pyrrole nitrogens is 1. The number of nitrogens with two attached hydrogens (primary N) is 1. The van der Waals surface area contributed by atoms with E-state index in [0.717, 1.165) is 0 Å². The highest BCUT2D eigenvalue weighted by atomic mass is 16.5. The van der Waals surface area contributed by atoms with Crippen LogP contribution in [0.2, 0.25) is 0 Å². The molecule has 0 radical (unpaired) electrons. The van der Waals surface area contributed by atoms with Crippen LogP contribution >= 0.6 is 0 Å². The lowest BCUT2D eigenvalue weighted by atomic mass is 10.4. The molecular weight excluding hydrogens is 252 g/mol. The molecule has 10 nitrogen and oxygen atoms in total. The Kier molecular flexibility index (Phi) is 2.34. The van der Waals surface area contributed by atoms with E-state index in [0.29, 0.717) is 16.9 Å². The van der Waals surface area contributed by atoms with Crippen molar-refractivity contribution in [3.05, 3.63) is 18.3 Å². The number of methoxy groups -OCH3 is 1. The van der Waals surface area contributed by atoms with Crippen LogP contribution in [-0.2, 0) is 4.74 Å². The van der Waals surface area contributed by atoms with Gasteiger partial charge in [0.1, 0.15) is 6.33 Å². The zero-order valence-electron chi connectivity index (χ0n) is 9.73. The summed E-state index contributed by atoms with van der Waals surface area (Å²) in [7, 11) is 1.25. The maximum absolute atomic E-state index is 11.3. The fourth-order valence-corrected chi connectivity index (χ4v) is 1.56. The summed E-state index contributed by atoms with van der Waals surface area (Å²) in [6, 6.07) is 0. The molecule has 96 valence electrons. The lowest BCUT2D eigenvalue weighted by Gasteiger charge is -2.01. The van der Waals surface area contributed by atoms with Gasteiger partial charge in [-0.2, -0.15) is 15.1 Å². The molecule has 10 heteroatoms. The maximum Gasteiger partial charge on any atom is 0.377 e. The molecule has 0 aliphatic carbocycles. The van der Waals surface area contributed by atoms with E-state index in [1.165, 1.54) is 24.3 Å². The highest BCUT2D eigenvalue weighted by molar-refractivity contribution is 5.85. The molecule has 0 amide bonds. The van der Waals surface area contributed by atoms with Crippen LogP contribution in [0, 0.1) is 0 Å². The fraction of sp³-hybridized carbons (Fsp3) is 0.111. The first-order valence-corrected chi connectivity index (χ1v) is 5.16. The standard InChI is InChI=1S/C9H8N8O2/c1-19-8(18)6-11-3-17(16-6)7-4-2-12-15-5(4)13-9(10)14-7/h2-3H,1H3,(H3,10,12,13,14,15). The van der Waals surface area contributed by atoms with Crippen molar-refractivity contribution in [3.63, 3.8) is 0 Å². The smallest absolute Gasteiger partial charge is 0.377 e. The first kappa shape index (κ1) is 11.1. The number of carbonyl (C=O) groups excluding carboxylic acids is 1. The van der Waals surface area contributed by atoms with Gasteiger partial charge in [-0.3, -0.25) is 5.10 Å². The van der Waals surface area contributed by atoms with Crippen molar-refractivity contribution in [2.24, 2.45) is 0 Å². The van der Waals surface area contributed by atoms with Crippen LogP contribution in [0.1, 0.15) is 10.6 Å². The number of aromatic nitrogens is 7. The number of esters is 1. The quantitative estimate of drug-likeness (QED) is 0.577. The van der Waals surface area contributed by atoms with Gasteiger partial charge in [0.15, 0.2) is 11.5 Å². The van der Waals surface area contributed by atoms with Crippen LogP contribution in [0.15, 0.2) is 12.5 Å². The molecule has 19 heavy (non-hydrogen) atoms. The molecule has 3 N–H and O–H groups in total. The van der Waals surface area contributed by atoms with Crippen molar-refractivity contribution in [3.8, 4) is 5.82 Å². The number of hydrogen-bond acceptors (Lipinski definition) is 8. The number of carbonyl (C=O) groups is 1. The van der Waals surface area contributed by atoms with Gasteiger partial charge in [0.05, 0.1) is 18.7 Å². The normalized spacial score (nSPS) is 10.8. The van der Waals surface area contributed by atoms with Crippen molar-refractivity contribution >= 4 is 23.0 Å². The zero-order chi connectivity index (χ0) is 13.4. The van der Waals surface area contributed by atoms with Gasteiger partial charge >= 0.3 is 5.97 Å². The van der Waals surface area contributed by atoms with E-state index in [4.69, 9.17) is 5.73 Å². The molecule has 0 fully saturated rings. The average molecular weight is 260 g/mol. The van der Waals surface area contributed by atoms with Crippen LogP contribution in [0.4, 0.5) is 5.95 Å². The minimum atomic E-state index is -0.635. The first-order chi connectivity index (χ1) is 9.19. The Hall–Kier alpha value is -3.04. The monoisotopic (exact) mass is 260 g/mol. The summed E-state index contributed by atoms with van der Waals surface area (Å²) in [5.41, 5.74) is 6.06. The lowest BCUT2D eigenvalue weighted by molar-refractivity contribution is 0.0587. The molecule has 0 aliphatic rings. The zero-order valence-corrected chi connectivity index (χ0v) is 9.73. The summed E-state index contributed by atoms with van der Waals surface area (Å²) in [5, 5.41) is 11.1. The highest BCUT2D eigenvalue weighted by Gasteiger charge is 2.15. The Morgan fingerprint density at radius 1 is 1.47 bits per heavy atom. The Morgan fingerprint density at radius 2 is 2.32 bits per heavy atom. The Labute approximate surface area is 105 Å². The maximum atomic E-state index is 11.3. The molecule has 3 aromatic heterocycles. The van der Waals surface area contributed by atoms with Crippen LogP contribution in [-0.4, -0.2) is 48.0 Å². The third kappa shape index (κ3) is 1.74. The van der Waals surface area contributed by atoms with Gasteiger partial charge in [-0.1, -0.05) is 0 Å². The van der Waals surface area contributed by atoms with Crippen molar-refractivity contribution in [2.45, 2.75) is 0 Å². The molecular formula is C9H8N8O2. The minimum Gasteiger partial charge on any atom is -0.463 e. The van der Waals surface area contributed by atoms with Crippen LogP contribution < -0.4 is 5.73 Å². The summed E-state index contributed by atoms with van der Waals surface area (Å²) >= 11 is 0. The Bertz CT molecular complexity index is 761. The highest BCUT2D eigenvalue weighted by Crippen LogP contribution is 2.17. The molecule has 0 aliphatic heterocycles. The van der Waals surface area contributed by atoms with E-state index in [-0.39, 0.29) is 11.8 Å². The van der Waals surface area contributed by atoms with Crippen molar-refractivity contribution in [1.82, 2.24) is 34.9 Å². The summed E-state index contributed by atoms with van der Waals surface area (Å²) < 4.78 is 5.84. The second-order valence-electron chi connectivity index (χ2n) is 3.54. The van der Waals surface area contributed by atoms with E-state index in [2.05, 4.69) is 35.0 Å². The summed E-state index contributed by atoms with van der Waals surface area (Å²) in [6.45, 7) is 0. The Balaban J connectivity index is 2.16. The van der Waals surface area contributed by atoms with E-state index in [9.17, 15) is 4.79 Å². The van der Waals surface area contributed by atoms with Gasteiger partial charge < -0.3 is 10.5 Å². The van der Waals surface area contributed by atoms with Crippen LogP contribution in [0.3, 0.4) is 0 Å². The van der Waals surface area contributed by atoms with Gasteiger partial charge in [-0.15, -0.1) is 5.10 Å². The first-order valence-electron chi connectivity index (χ1n) is 5.16. The van der Waals surface area contributed by atoms with Crippen molar-refractivity contribution in [2.75, 3.05) is 12.8 Å². The molecule has 0 bridgehead atoms. The van der Waals surface area contributed by atoms with Gasteiger partial charge in [0.2, 0.25) is 5.95 Å². The molecule has 3 aromatic rings. The Morgan fingerprint density at radius 3 is 3.11 bits per heavy atom. The predicted molar refractivity (Wildman–Crippen MR) is 62.4 cm³/mol. The summed E-state index contributed by atoms with van der Waals surface area (Å²) in [6.07, 6.45) is 2.87. The topological polar surface area (TPSA) is 137 Å². The number of nitrogens with one attached hydrogen (secondary N) is 1. The van der Waals surface area contributed by atoms with Gasteiger partial charge in [0, 0.05) is 0 Å². The third-order valence-corrected chi connectivity index (χ3v) is 2.38. The van der Waals surface area contributed by atoms with E-state index in [1.54, 1.807) is 0 Å². The molecule has 0 aromatic carbocycles. The second kappa shape index (κ2) is 4.01. The molecule has 0 spiro atoms. The van der Waals surface area contributed by atoms with Crippen molar-refractivity contribution in [1.29, 1.82) is 0 Å². The predicted octanol–water partition coefficient (Wildman–Crippen LogP) is -0.698. The van der Waals surface area contributed by atoms with Gasteiger partial charge in [-0.05, 0) is 0 Å².